The fraction of sp³-hybridized carbons (Fsp3) is 0.500. The number of aliphatic hydroxyl groups is 4. The van der Waals surface area contributed by atoms with Crippen LogP contribution in [0.4, 0.5) is 0 Å². The van der Waals surface area contributed by atoms with E-state index < -0.39 is 36.3 Å². The summed E-state index contributed by atoms with van der Waals surface area (Å²) in [6.07, 6.45) is -2.78. The minimum absolute atomic E-state index is 0. The van der Waals surface area contributed by atoms with Crippen LogP contribution in [-0.2, 0) is 26.6 Å². The normalized spacial score (nSPS) is 23.8. The summed E-state index contributed by atoms with van der Waals surface area (Å²) in [6.45, 7) is -0.671. The summed E-state index contributed by atoms with van der Waals surface area (Å²) in [6, 6.07) is 0. The SMILES string of the molecule is O=C1O[C@H]([C@@H](O)CO)C(O)=C1O.[Mn]. The van der Waals surface area contributed by atoms with Gasteiger partial charge in [-0.2, -0.15) is 0 Å². The molecule has 1 aliphatic rings. The number of aliphatic hydroxyl groups excluding tert-OH is 4. The third-order valence-corrected chi connectivity index (χ3v) is 1.48. The standard InChI is InChI=1S/C6H8O6.Mn/c7-1-2(8)5-3(9)4(10)6(11)12-5;/h2,5,7-10H,1H2;/t2-,5+;/m0./s1. The van der Waals surface area contributed by atoms with Gasteiger partial charge >= 0.3 is 5.97 Å². The van der Waals surface area contributed by atoms with E-state index in [-0.39, 0.29) is 17.1 Å². The molecule has 1 rings (SSSR count). The largest absolute Gasteiger partial charge is 0.505 e. The van der Waals surface area contributed by atoms with E-state index in [2.05, 4.69) is 4.74 Å². The smallest absolute Gasteiger partial charge is 0.377 e. The number of cyclic esters (lactones) is 1. The molecule has 0 saturated carbocycles. The van der Waals surface area contributed by atoms with Crippen molar-refractivity contribution in [1.29, 1.82) is 0 Å². The number of hydrogen-bond donors (Lipinski definition) is 4. The molecule has 1 heterocycles. The van der Waals surface area contributed by atoms with Crippen molar-refractivity contribution in [3.8, 4) is 0 Å². The van der Waals surface area contributed by atoms with Gasteiger partial charge in [-0.3, -0.25) is 0 Å². The van der Waals surface area contributed by atoms with Crippen molar-refractivity contribution in [2.75, 3.05) is 6.61 Å². The molecule has 7 heteroatoms. The summed E-state index contributed by atoms with van der Waals surface area (Å²) >= 11 is 0. The van der Waals surface area contributed by atoms with Crippen molar-refractivity contribution in [2.24, 2.45) is 0 Å². The predicted molar refractivity (Wildman–Crippen MR) is 35.3 cm³/mol. The molecular weight excluding hydrogens is 223 g/mol. The second-order valence-corrected chi connectivity index (χ2v) is 2.31. The van der Waals surface area contributed by atoms with Crippen molar-refractivity contribution < 1.29 is 47.0 Å². The van der Waals surface area contributed by atoms with Gasteiger partial charge in [-0.1, -0.05) is 0 Å². The number of rotatable bonds is 2. The predicted octanol–water partition coefficient (Wildman–Crippen LogP) is -1.41. The quantitative estimate of drug-likeness (QED) is 0.343. The van der Waals surface area contributed by atoms with E-state index in [0.29, 0.717) is 0 Å². The average molecular weight is 231 g/mol. The van der Waals surface area contributed by atoms with Crippen LogP contribution in [0, 0.1) is 0 Å². The van der Waals surface area contributed by atoms with Crippen LogP contribution >= 0.6 is 0 Å². The van der Waals surface area contributed by atoms with E-state index in [4.69, 9.17) is 20.4 Å². The van der Waals surface area contributed by atoms with Crippen LogP contribution in [-0.4, -0.2) is 45.2 Å². The molecule has 2 atom stereocenters. The van der Waals surface area contributed by atoms with E-state index >= 15 is 0 Å². The molecule has 0 fully saturated rings. The molecule has 1 radical (unpaired) electrons. The van der Waals surface area contributed by atoms with Crippen molar-refractivity contribution in [3.05, 3.63) is 11.5 Å². The van der Waals surface area contributed by atoms with Crippen LogP contribution in [0.2, 0.25) is 0 Å². The zero-order valence-corrected chi connectivity index (χ0v) is 7.53. The Morgan fingerprint density at radius 2 is 2.00 bits per heavy atom. The Balaban J connectivity index is 0.00000144. The van der Waals surface area contributed by atoms with Gasteiger partial charge in [0.15, 0.2) is 11.9 Å². The van der Waals surface area contributed by atoms with Crippen LogP contribution in [0.25, 0.3) is 0 Å². The maximum absolute atomic E-state index is 10.5. The van der Waals surface area contributed by atoms with E-state index in [1.165, 1.54) is 0 Å². The van der Waals surface area contributed by atoms with Crippen LogP contribution < -0.4 is 0 Å². The van der Waals surface area contributed by atoms with E-state index in [1.54, 1.807) is 0 Å². The Labute approximate surface area is 83.9 Å². The van der Waals surface area contributed by atoms with Gasteiger partial charge in [0.2, 0.25) is 5.76 Å². The molecule has 4 N–H and O–H groups in total. The van der Waals surface area contributed by atoms with Gasteiger partial charge in [0.1, 0.15) is 6.10 Å². The maximum Gasteiger partial charge on any atom is 0.377 e. The van der Waals surface area contributed by atoms with Crippen LogP contribution in [0.1, 0.15) is 0 Å². The molecule has 0 amide bonds. The number of ether oxygens (including phenoxy) is 1. The summed E-state index contributed by atoms with van der Waals surface area (Å²) in [5.74, 6) is -2.78. The first-order valence-corrected chi connectivity index (χ1v) is 3.20. The number of hydrogen-bond acceptors (Lipinski definition) is 6. The monoisotopic (exact) mass is 231 g/mol. The topological polar surface area (TPSA) is 107 Å². The molecule has 0 spiro atoms. The van der Waals surface area contributed by atoms with Gasteiger partial charge in [0.25, 0.3) is 0 Å². The Morgan fingerprint density at radius 1 is 1.46 bits per heavy atom. The molecule has 1 aliphatic heterocycles. The first kappa shape index (κ1) is 12.2. The molecule has 75 valence electrons. The third kappa shape index (κ3) is 2.13. The summed E-state index contributed by atoms with van der Waals surface area (Å²) in [7, 11) is 0. The molecule has 6 nitrogen and oxygen atoms in total. The summed E-state index contributed by atoms with van der Waals surface area (Å²) in [5, 5.41) is 35.0. The molecule has 0 bridgehead atoms. The minimum atomic E-state index is -1.42. The summed E-state index contributed by atoms with van der Waals surface area (Å²) in [5.41, 5.74) is 0. The third-order valence-electron chi connectivity index (χ3n) is 1.48. The Hall–Kier alpha value is -0.751. The number of carbonyl (C=O) groups is 1. The van der Waals surface area contributed by atoms with Gasteiger partial charge < -0.3 is 25.2 Å². The molecule has 0 aliphatic carbocycles. The molecule has 0 aromatic heterocycles. The molecular formula is C6H8MnO6. The van der Waals surface area contributed by atoms with Gasteiger partial charge in [0, 0.05) is 17.1 Å². The van der Waals surface area contributed by atoms with Crippen LogP contribution in [0.5, 0.6) is 0 Å². The fourth-order valence-corrected chi connectivity index (χ4v) is 0.823. The zero-order valence-electron chi connectivity index (χ0n) is 6.35. The van der Waals surface area contributed by atoms with Crippen LogP contribution in [0.15, 0.2) is 11.5 Å². The first-order chi connectivity index (χ1) is 5.57. The van der Waals surface area contributed by atoms with Crippen molar-refractivity contribution in [1.82, 2.24) is 0 Å². The zero-order chi connectivity index (χ0) is 9.30. The average Bonchev–Trinajstić information content (AvgIpc) is 2.32. The van der Waals surface area contributed by atoms with Crippen molar-refractivity contribution in [2.45, 2.75) is 12.2 Å². The van der Waals surface area contributed by atoms with E-state index in [0.717, 1.165) is 0 Å². The summed E-state index contributed by atoms with van der Waals surface area (Å²) < 4.78 is 4.32. The first-order valence-electron chi connectivity index (χ1n) is 3.20. The minimum Gasteiger partial charge on any atom is -0.505 e. The van der Waals surface area contributed by atoms with Gasteiger partial charge in [-0.15, -0.1) is 0 Å². The molecule has 0 unspecified atom stereocenters. The molecule has 13 heavy (non-hydrogen) atoms. The fourth-order valence-electron chi connectivity index (χ4n) is 0.823. The van der Waals surface area contributed by atoms with E-state index in [9.17, 15) is 4.79 Å². The maximum atomic E-state index is 10.5. The van der Waals surface area contributed by atoms with Gasteiger partial charge in [0.05, 0.1) is 6.61 Å². The Kier molecular flexibility index (Phi) is 4.22. The van der Waals surface area contributed by atoms with Gasteiger partial charge in [-0.05, 0) is 0 Å². The number of esters is 1. The Morgan fingerprint density at radius 3 is 2.31 bits per heavy atom. The van der Waals surface area contributed by atoms with Crippen molar-refractivity contribution >= 4 is 5.97 Å². The number of carbonyl (C=O) groups excluding carboxylic acids is 1. The summed E-state index contributed by atoms with van der Waals surface area (Å²) in [4.78, 5) is 10.5. The molecule has 0 aromatic carbocycles. The second-order valence-electron chi connectivity index (χ2n) is 2.31. The Bertz CT molecular complexity index is 237. The van der Waals surface area contributed by atoms with E-state index in [1.807, 2.05) is 0 Å². The van der Waals surface area contributed by atoms with Gasteiger partial charge in [-0.25, -0.2) is 4.79 Å². The molecule has 0 aromatic rings. The molecule has 0 saturated heterocycles. The van der Waals surface area contributed by atoms with Crippen LogP contribution in [0.3, 0.4) is 0 Å². The second kappa shape index (κ2) is 4.48. The van der Waals surface area contributed by atoms with Crippen molar-refractivity contribution in [3.63, 3.8) is 0 Å².